The van der Waals surface area contributed by atoms with Gasteiger partial charge in [-0.05, 0) is 18.2 Å². The Balaban J connectivity index is 2.57. The van der Waals surface area contributed by atoms with Gasteiger partial charge in [0.1, 0.15) is 0 Å². The van der Waals surface area contributed by atoms with Crippen molar-refractivity contribution in [2.75, 3.05) is 12.3 Å². The van der Waals surface area contributed by atoms with Crippen molar-refractivity contribution in [2.45, 2.75) is 6.42 Å². The van der Waals surface area contributed by atoms with Crippen molar-refractivity contribution in [3.05, 3.63) is 29.8 Å². The number of carbonyl (C=O) groups is 1. The SMILES string of the molecule is C#CCCNC(=O)c1cccc(N)c1. The lowest BCUT2D eigenvalue weighted by atomic mass is 10.2. The lowest BCUT2D eigenvalue weighted by molar-refractivity contribution is 0.0954. The molecule has 0 saturated heterocycles. The third kappa shape index (κ3) is 2.83. The molecule has 0 heterocycles. The van der Waals surface area contributed by atoms with Crippen molar-refractivity contribution in [1.29, 1.82) is 0 Å². The second-order valence-corrected chi connectivity index (χ2v) is 2.84. The van der Waals surface area contributed by atoms with Gasteiger partial charge in [0.2, 0.25) is 0 Å². The van der Waals surface area contributed by atoms with E-state index in [0.717, 1.165) is 0 Å². The van der Waals surface area contributed by atoms with Crippen molar-refractivity contribution in [2.24, 2.45) is 0 Å². The molecular weight excluding hydrogens is 176 g/mol. The standard InChI is InChI=1S/C11H12N2O/c1-2-3-7-13-11(14)9-5-4-6-10(12)8-9/h1,4-6,8H,3,7,12H2,(H,13,14). The van der Waals surface area contributed by atoms with Gasteiger partial charge in [-0.15, -0.1) is 12.3 Å². The Labute approximate surface area is 83.3 Å². The molecule has 1 aromatic rings. The summed E-state index contributed by atoms with van der Waals surface area (Å²) >= 11 is 0. The number of carbonyl (C=O) groups excluding carboxylic acids is 1. The number of hydrogen-bond donors (Lipinski definition) is 2. The van der Waals surface area contributed by atoms with E-state index in [4.69, 9.17) is 12.2 Å². The largest absolute Gasteiger partial charge is 0.399 e. The lowest BCUT2D eigenvalue weighted by Crippen LogP contribution is -2.24. The molecule has 1 amide bonds. The molecule has 0 spiro atoms. The fourth-order valence-electron chi connectivity index (χ4n) is 1.03. The van der Waals surface area contributed by atoms with Crippen LogP contribution >= 0.6 is 0 Å². The van der Waals surface area contributed by atoms with Crippen LogP contribution in [0.15, 0.2) is 24.3 Å². The van der Waals surface area contributed by atoms with Gasteiger partial charge in [0.05, 0.1) is 0 Å². The van der Waals surface area contributed by atoms with E-state index in [1.54, 1.807) is 24.3 Å². The average Bonchev–Trinajstić information content (AvgIpc) is 2.18. The van der Waals surface area contributed by atoms with Crippen molar-refractivity contribution >= 4 is 11.6 Å². The zero-order valence-corrected chi connectivity index (χ0v) is 7.79. The average molecular weight is 188 g/mol. The predicted octanol–water partition coefficient (Wildman–Crippen LogP) is 1.02. The van der Waals surface area contributed by atoms with E-state index in [2.05, 4.69) is 11.2 Å². The zero-order valence-electron chi connectivity index (χ0n) is 7.79. The fourth-order valence-corrected chi connectivity index (χ4v) is 1.03. The summed E-state index contributed by atoms with van der Waals surface area (Å²) in [4.78, 5) is 11.4. The lowest BCUT2D eigenvalue weighted by Gasteiger charge is -2.03. The molecule has 3 nitrogen and oxygen atoms in total. The quantitative estimate of drug-likeness (QED) is 0.423. The summed E-state index contributed by atoms with van der Waals surface area (Å²) in [6.45, 7) is 0.490. The summed E-state index contributed by atoms with van der Waals surface area (Å²) in [5.74, 6) is 2.30. The molecule has 0 radical (unpaired) electrons. The number of benzene rings is 1. The summed E-state index contributed by atoms with van der Waals surface area (Å²) in [7, 11) is 0. The van der Waals surface area contributed by atoms with Crippen LogP contribution in [0, 0.1) is 12.3 Å². The number of terminal acetylenes is 1. The first-order valence-corrected chi connectivity index (χ1v) is 4.31. The van der Waals surface area contributed by atoms with Crippen molar-refractivity contribution in [1.82, 2.24) is 5.32 Å². The first-order valence-electron chi connectivity index (χ1n) is 4.31. The number of nitrogen functional groups attached to an aromatic ring is 1. The Morgan fingerprint density at radius 2 is 2.36 bits per heavy atom. The van der Waals surface area contributed by atoms with E-state index in [0.29, 0.717) is 24.2 Å². The molecule has 0 aliphatic carbocycles. The third-order valence-electron chi connectivity index (χ3n) is 1.70. The summed E-state index contributed by atoms with van der Waals surface area (Å²) < 4.78 is 0. The zero-order chi connectivity index (χ0) is 10.4. The number of nitrogens with one attached hydrogen (secondary N) is 1. The molecule has 3 N–H and O–H groups in total. The summed E-state index contributed by atoms with van der Waals surface area (Å²) in [6, 6.07) is 6.82. The number of rotatable bonds is 3. The molecule has 1 rings (SSSR count). The van der Waals surface area contributed by atoms with Gasteiger partial charge < -0.3 is 11.1 Å². The molecule has 0 aromatic heterocycles. The maximum absolute atomic E-state index is 11.4. The molecule has 1 aromatic carbocycles. The van der Waals surface area contributed by atoms with Gasteiger partial charge in [-0.2, -0.15) is 0 Å². The van der Waals surface area contributed by atoms with E-state index in [1.807, 2.05) is 0 Å². The van der Waals surface area contributed by atoms with E-state index >= 15 is 0 Å². The fraction of sp³-hybridized carbons (Fsp3) is 0.182. The minimum Gasteiger partial charge on any atom is -0.399 e. The molecule has 0 unspecified atom stereocenters. The molecule has 14 heavy (non-hydrogen) atoms. The van der Waals surface area contributed by atoms with Gasteiger partial charge in [-0.25, -0.2) is 0 Å². The van der Waals surface area contributed by atoms with Crippen molar-refractivity contribution in [3.8, 4) is 12.3 Å². The van der Waals surface area contributed by atoms with Gasteiger partial charge in [-0.1, -0.05) is 6.07 Å². The molecule has 0 saturated carbocycles. The Morgan fingerprint density at radius 3 is 3.00 bits per heavy atom. The molecular formula is C11H12N2O. The Kier molecular flexibility index (Phi) is 3.57. The first kappa shape index (κ1) is 10.1. The summed E-state index contributed by atoms with van der Waals surface area (Å²) in [5.41, 5.74) is 6.67. The minimum atomic E-state index is -0.146. The maximum Gasteiger partial charge on any atom is 0.251 e. The Morgan fingerprint density at radius 1 is 1.57 bits per heavy atom. The van der Waals surface area contributed by atoms with Crippen LogP contribution in [0.3, 0.4) is 0 Å². The highest BCUT2D eigenvalue weighted by molar-refractivity contribution is 5.94. The number of amides is 1. The molecule has 3 heteroatoms. The maximum atomic E-state index is 11.4. The third-order valence-corrected chi connectivity index (χ3v) is 1.70. The van der Waals surface area contributed by atoms with E-state index in [9.17, 15) is 4.79 Å². The number of hydrogen-bond acceptors (Lipinski definition) is 2. The van der Waals surface area contributed by atoms with Gasteiger partial charge in [-0.3, -0.25) is 4.79 Å². The van der Waals surface area contributed by atoms with Gasteiger partial charge in [0.25, 0.3) is 5.91 Å². The van der Waals surface area contributed by atoms with Crippen LogP contribution in [0.4, 0.5) is 5.69 Å². The van der Waals surface area contributed by atoms with Crippen LogP contribution < -0.4 is 11.1 Å². The molecule has 0 atom stereocenters. The number of nitrogens with two attached hydrogens (primary N) is 1. The van der Waals surface area contributed by atoms with Crippen LogP contribution in [0.1, 0.15) is 16.8 Å². The molecule has 0 fully saturated rings. The summed E-state index contributed by atoms with van der Waals surface area (Å²) in [5, 5.41) is 2.69. The Bertz CT molecular complexity index is 366. The smallest absolute Gasteiger partial charge is 0.251 e. The van der Waals surface area contributed by atoms with E-state index in [1.165, 1.54) is 0 Å². The van der Waals surface area contributed by atoms with E-state index in [-0.39, 0.29) is 5.91 Å². The first-order chi connectivity index (χ1) is 6.74. The van der Waals surface area contributed by atoms with Crippen molar-refractivity contribution in [3.63, 3.8) is 0 Å². The Hall–Kier alpha value is -1.95. The van der Waals surface area contributed by atoms with Crippen LogP contribution in [0.2, 0.25) is 0 Å². The highest BCUT2D eigenvalue weighted by Crippen LogP contribution is 2.05. The monoisotopic (exact) mass is 188 g/mol. The molecule has 0 aliphatic heterocycles. The molecule has 72 valence electrons. The highest BCUT2D eigenvalue weighted by Gasteiger charge is 2.03. The second kappa shape index (κ2) is 4.93. The highest BCUT2D eigenvalue weighted by atomic mass is 16.1. The van der Waals surface area contributed by atoms with Crippen LogP contribution in [0.25, 0.3) is 0 Å². The van der Waals surface area contributed by atoms with Crippen LogP contribution in [0.5, 0.6) is 0 Å². The van der Waals surface area contributed by atoms with Crippen molar-refractivity contribution < 1.29 is 4.79 Å². The normalized spacial score (nSPS) is 9.07. The molecule has 0 aliphatic rings. The number of anilines is 1. The minimum absolute atomic E-state index is 0.146. The second-order valence-electron chi connectivity index (χ2n) is 2.84. The van der Waals surface area contributed by atoms with Crippen LogP contribution in [-0.4, -0.2) is 12.5 Å². The van der Waals surface area contributed by atoms with Gasteiger partial charge >= 0.3 is 0 Å². The van der Waals surface area contributed by atoms with E-state index < -0.39 is 0 Å². The molecule has 0 bridgehead atoms. The topological polar surface area (TPSA) is 55.1 Å². The predicted molar refractivity (Wildman–Crippen MR) is 56.6 cm³/mol. The van der Waals surface area contributed by atoms with Gasteiger partial charge in [0, 0.05) is 24.2 Å². The van der Waals surface area contributed by atoms with Gasteiger partial charge in [0.15, 0.2) is 0 Å². The summed E-state index contributed by atoms with van der Waals surface area (Å²) in [6.07, 6.45) is 5.59. The van der Waals surface area contributed by atoms with Crippen LogP contribution in [-0.2, 0) is 0 Å².